The molecule has 0 aromatic carbocycles. The lowest BCUT2D eigenvalue weighted by molar-refractivity contribution is 0.229. The number of aryl methyl sites for hydroxylation is 1. The van der Waals surface area contributed by atoms with Crippen molar-refractivity contribution in [3.63, 3.8) is 0 Å². The Morgan fingerprint density at radius 3 is 3.05 bits per heavy atom. The summed E-state index contributed by atoms with van der Waals surface area (Å²) in [5.41, 5.74) is 0. The van der Waals surface area contributed by atoms with Gasteiger partial charge in [0.25, 0.3) is 0 Å². The standard InChI is InChI=1S/C14H27N5/c1-12(2)19-9-4-5-13(7-10-19)15-8-3-6-14-16-11-17-18-14/h11-13,15H,3-10H2,1-2H3,(H,16,17,18). The molecule has 19 heavy (non-hydrogen) atoms. The van der Waals surface area contributed by atoms with Gasteiger partial charge in [0, 0.05) is 18.5 Å². The molecule has 5 heteroatoms. The van der Waals surface area contributed by atoms with Crippen LogP contribution < -0.4 is 5.32 Å². The van der Waals surface area contributed by atoms with E-state index in [1.165, 1.54) is 32.4 Å². The van der Waals surface area contributed by atoms with Crippen LogP contribution in [-0.4, -0.2) is 51.8 Å². The van der Waals surface area contributed by atoms with Gasteiger partial charge in [-0.15, -0.1) is 0 Å². The van der Waals surface area contributed by atoms with Gasteiger partial charge in [0.2, 0.25) is 0 Å². The summed E-state index contributed by atoms with van der Waals surface area (Å²) < 4.78 is 0. The van der Waals surface area contributed by atoms with Gasteiger partial charge in [-0.05, 0) is 59.2 Å². The van der Waals surface area contributed by atoms with Crippen LogP contribution >= 0.6 is 0 Å². The first-order valence-electron chi connectivity index (χ1n) is 7.57. The molecule has 0 amide bonds. The van der Waals surface area contributed by atoms with Crippen LogP contribution in [0.3, 0.4) is 0 Å². The molecule has 2 N–H and O–H groups in total. The van der Waals surface area contributed by atoms with Gasteiger partial charge >= 0.3 is 0 Å². The molecule has 2 rings (SSSR count). The minimum atomic E-state index is 0.685. The molecule has 0 bridgehead atoms. The summed E-state index contributed by atoms with van der Waals surface area (Å²) in [6.45, 7) is 8.16. The Bertz CT molecular complexity index is 336. The lowest BCUT2D eigenvalue weighted by atomic mass is 10.1. The number of rotatable bonds is 6. The summed E-state index contributed by atoms with van der Waals surface area (Å²) in [4.78, 5) is 6.74. The van der Waals surface area contributed by atoms with Crippen LogP contribution in [0.2, 0.25) is 0 Å². The Balaban J connectivity index is 1.61. The molecule has 0 spiro atoms. The molecule has 1 atom stereocenters. The van der Waals surface area contributed by atoms with E-state index in [4.69, 9.17) is 0 Å². The first-order valence-corrected chi connectivity index (χ1v) is 7.57. The molecule has 1 aromatic rings. The van der Waals surface area contributed by atoms with Gasteiger partial charge in [-0.3, -0.25) is 5.10 Å². The van der Waals surface area contributed by atoms with E-state index in [0.29, 0.717) is 12.1 Å². The Kier molecular flexibility index (Phi) is 5.79. The van der Waals surface area contributed by atoms with Crippen molar-refractivity contribution in [2.75, 3.05) is 19.6 Å². The Hall–Kier alpha value is -0.940. The van der Waals surface area contributed by atoms with Gasteiger partial charge in [0.15, 0.2) is 0 Å². The minimum absolute atomic E-state index is 0.685. The second kappa shape index (κ2) is 7.60. The average Bonchev–Trinajstić information content (AvgIpc) is 2.79. The molecule has 5 nitrogen and oxygen atoms in total. The molecule has 1 aliphatic heterocycles. The molecule has 2 heterocycles. The molecule has 0 radical (unpaired) electrons. The number of H-pyrrole nitrogens is 1. The number of nitrogens with zero attached hydrogens (tertiary/aromatic N) is 3. The van der Waals surface area contributed by atoms with E-state index in [9.17, 15) is 0 Å². The summed E-state index contributed by atoms with van der Waals surface area (Å²) in [7, 11) is 0. The number of aromatic nitrogens is 3. The highest BCUT2D eigenvalue weighted by Crippen LogP contribution is 2.13. The van der Waals surface area contributed by atoms with Crippen molar-refractivity contribution in [3.8, 4) is 0 Å². The average molecular weight is 265 g/mol. The zero-order valence-electron chi connectivity index (χ0n) is 12.2. The molecule has 1 saturated heterocycles. The van der Waals surface area contributed by atoms with Gasteiger partial charge < -0.3 is 10.2 Å². The monoisotopic (exact) mass is 265 g/mol. The highest BCUT2D eigenvalue weighted by atomic mass is 15.2. The maximum Gasteiger partial charge on any atom is 0.137 e. The zero-order valence-corrected chi connectivity index (χ0v) is 12.2. The summed E-state index contributed by atoms with van der Waals surface area (Å²) in [6, 6.07) is 1.38. The predicted octanol–water partition coefficient (Wildman–Crippen LogP) is 1.59. The SMILES string of the molecule is CC(C)N1CCCC(NCCCc2ncn[nH]2)CC1. The second-order valence-corrected chi connectivity index (χ2v) is 5.75. The van der Waals surface area contributed by atoms with E-state index < -0.39 is 0 Å². The Morgan fingerprint density at radius 2 is 2.32 bits per heavy atom. The summed E-state index contributed by atoms with van der Waals surface area (Å²) >= 11 is 0. The molecule has 1 fully saturated rings. The quantitative estimate of drug-likeness (QED) is 0.767. The topological polar surface area (TPSA) is 56.8 Å². The number of likely N-dealkylation sites (tertiary alicyclic amines) is 1. The lowest BCUT2D eigenvalue weighted by Crippen LogP contribution is -2.34. The summed E-state index contributed by atoms with van der Waals surface area (Å²) in [6.07, 6.45) is 7.59. The molecular formula is C14H27N5. The second-order valence-electron chi connectivity index (χ2n) is 5.75. The van der Waals surface area contributed by atoms with Crippen LogP contribution in [0.1, 0.15) is 45.4 Å². The Labute approximate surface area is 116 Å². The summed E-state index contributed by atoms with van der Waals surface area (Å²) in [5.74, 6) is 0.994. The fraction of sp³-hybridized carbons (Fsp3) is 0.857. The van der Waals surface area contributed by atoms with Crippen LogP contribution in [0.15, 0.2) is 6.33 Å². The highest BCUT2D eigenvalue weighted by Gasteiger charge is 2.17. The van der Waals surface area contributed by atoms with E-state index in [1.54, 1.807) is 6.33 Å². The van der Waals surface area contributed by atoms with Gasteiger partial charge in [0.05, 0.1) is 0 Å². The molecule has 0 aliphatic carbocycles. The van der Waals surface area contributed by atoms with Crippen LogP contribution in [-0.2, 0) is 6.42 Å². The third-order valence-electron chi connectivity index (χ3n) is 3.98. The molecule has 0 saturated carbocycles. The summed E-state index contributed by atoms with van der Waals surface area (Å²) in [5, 5.41) is 10.5. The zero-order chi connectivity index (χ0) is 13.5. The highest BCUT2D eigenvalue weighted by molar-refractivity contribution is 4.81. The smallest absolute Gasteiger partial charge is 0.137 e. The van der Waals surface area contributed by atoms with Crippen molar-refractivity contribution in [1.82, 2.24) is 25.4 Å². The van der Waals surface area contributed by atoms with Crippen molar-refractivity contribution in [3.05, 3.63) is 12.2 Å². The Morgan fingerprint density at radius 1 is 1.42 bits per heavy atom. The van der Waals surface area contributed by atoms with Gasteiger partial charge in [-0.25, -0.2) is 4.98 Å². The van der Waals surface area contributed by atoms with Crippen LogP contribution in [0.25, 0.3) is 0 Å². The lowest BCUT2D eigenvalue weighted by Gasteiger charge is -2.24. The van der Waals surface area contributed by atoms with Crippen molar-refractivity contribution < 1.29 is 0 Å². The van der Waals surface area contributed by atoms with Crippen molar-refractivity contribution >= 4 is 0 Å². The van der Waals surface area contributed by atoms with E-state index in [2.05, 4.69) is 39.2 Å². The van der Waals surface area contributed by atoms with E-state index >= 15 is 0 Å². The van der Waals surface area contributed by atoms with Crippen LogP contribution in [0, 0.1) is 0 Å². The number of hydrogen-bond donors (Lipinski definition) is 2. The fourth-order valence-corrected chi connectivity index (χ4v) is 2.75. The number of aromatic amines is 1. The first kappa shape index (κ1) is 14.5. The molecule has 1 unspecified atom stereocenters. The normalized spacial score (nSPS) is 21.7. The van der Waals surface area contributed by atoms with Gasteiger partial charge in [-0.2, -0.15) is 5.10 Å². The fourth-order valence-electron chi connectivity index (χ4n) is 2.75. The van der Waals surface area contributed by atoms with E-state index in [-0.39, 0.29) is 0 Å². The molecule has 1 aromatic heterocycles. The molecular weight excluding hydrogens is 238 g/mol. The largest absolute Gasteiger partial charge is 0.314 e. The van der Waals surface area contributed by atoms with Crippen LogP contribution in [0.5, 0.6) is 0 Å². The third kappa shape index (κ3) is 4.91. The van der Waals surface area contributed by atoms with Crippen molar-refractivity contribution in [2.45, 2.75) is 58.0 Å². The first-order chi connectivity index (χ1) is 9.25. The maximum atomic E-state index is 4.14. The molecule has 1 aliphatic rings. The molecule has 108 valence electrons. The van der Waals surface area contributed by atoms with Gasteiger partial charge in [-0.1, -0.05) is 0 Å². The number of nitrogens with one attached hydrogen (secondary N) is 2. The van der Waals surface area contributed by atoms with Crippen LogP contribution in [0.4, 0.5) is 0 Å². The van der Waals surface area contributed by atoms with Crippen molar-refractivity contribution in [2.24, 2.45) is 0 Å². The van der Waals surface area contributed by atoms with Crippen molar-refractivity contribution in [1.29, 1.82) is 0 Å². The maximum absolute atomic E-state index is 4.14. The third-order valence-corrected chi connectivity index (χ3v) is 3.98. The minimum Gasteiger partial charge on any atom is -0.314 e. The van der Waals surface area contributed by atoms with E-state index in [0.717, 1.165) is 25.2 Å². The number of hydrogen-bond acceptors (Lipinski definition) is 4. The predicted molar refractivity (Wildman–Crippen MR) is 77.1 cm³/mol. The van der Waals surface area contributed by atoms with E-state index in [1.807, 2.05) is 0 Å². The van der Waals surface area contributed by atoms with Gasteiger partial charge in [0.1, 0.15) is 12.2 Å².